The Hall–Kier alpha value is -0.490. The number of aromatic nitrogens is 2. The van der Waals surface area contributed by atoms with E-state index in [9.17, 15) is 4.79 Å². The van der Waals surface area contributed by atoms with Gasteiger partial charge in [-0.1, -0.05) is 13.3 Å². The summed E-state index contributed by atoms with van der Waals surface area (Å²) in [5, 5.41) is 7.61. The molecule has 1 N–H and O–H groups in total. The zero-order valence-corrected chi connectivity index (χ0v) is 12.9. The minimum atomic E-state index is -0.0425. The maximum atomic E-state index is 12.1. The number of hydrogen-bond donors (Lipinski definition) is 1. The maximum absolute atomic E-state index is 12.1. The molecule has 0 spiro atoms. The van der Waals surface area contributed by atoms with Gasteiger partial charge in [0.25, 0.3) is 5.56 Å². The lowest BCUT2D eigenvalue weighted by atomic mass is 10.2. The van der Waals surface area contributed by atoms with Crippen molar-refractivity contribution >= 4 is 33.4 Å². The fourth-order valence-corrected chi connectivity index (χ4v) is 3.47. The van der Waals surface area contributed by atoms with Crippen LogP contribution in [-0.2, 0) is 6.54 Å². The largest absolute Gasteiger partial charge is 0.379 e. The normalized spacial score (nSPS) is 19.1. The van der Waals surface area contributed by atoms with Gasteiger partial charge >= 0.3 is 0 Å². The minimum Gasteiger partial charge on any atom is -0.379 e. The van der Waals surface area contributed by atoms with Crippen LogP contribution >= 0.6 is 27.7 Å². The highest BCUT2D eigenvalue weighted by Gasteiger charge is 2.17. The molecule has 0 radical (unpaired) electrons. The molecule has 0 saturated carbocycles. The summed E-state index contributed by atoms with van der Waals surface area (Å²) in [4.78, 5) is 12.1. The molecule has 2 rings (SSSR count). The van der Waals surface area contributed by atoms with E-state index in [0.717, 1.165) is 30.7 Å². The van der Waals surface area contributed by atoms with Gasteiger partial charge in [0.1, 0.15) is 4.47 Å². The van der Waals surface area contributed by atoms with Gasteiger partial charge in [-0.25, -0.2) is 4.68 Å². The second-order valence-corrected chi connectivity index (χ2v) is 6.40. The standard InChI is InChI=1S/C12H18BrN3OS/c1-2-3-5-16-12(17)11(13)10(7-14-16)15-9-4-6-18-8-9/h7,9,15H,2-6,8H2,1H3. The fourth-order valence-electron chi connectivity index (χ4n) is 1.90. The number of unbranched alkanes of at least 4 members (excludes halogenated alkanes) is 1. The molecule has 0 bridgehead atoms. The summed E-state index contributed by atoms with van der Waals surface area (Å²) in [5.41, 5.74) is 0.777. The Balaban J connectivity index is 2.12. The average Bonchev–Trinajstić information content (AvgIpc) is 2.87. The molecule has 18 heavy (non-hydrogen) atoms. The number of aryl methyl sites for hydroxylation is 1. The molecule has 1 aliphatic heterocycles. The number of halogens is 1. The summed E-state index contributed by atoms with van der Waals surface area (Å²) < 4.78 is 2.13. The molecule has 0 aliphatic carbocycles. The van der Waals surface area contributed by atoms with Crippen LogP contribution in [0.2, 0.25) is 0 Å². The molecule has 4 nitrogen and oxygen atoms in total. The Morgan fingerprint density at radius 3 is 3.17 bits per heavy atom. The minimum absolute atomic E-state index is 0.0425. The van der Waals surface area contributed by atoms with Gasteiger partial charge in [-0.15, -0.1) is 0 Å². The van der Waals surface area contributed by atoms with Gasteiger partial charge in [0.15, 0.2) is 0 Å². The quantitative estimate of drug-likeness (QED) is 0.901. The molecule has 6 heteroatoms. The SMILES string of the molecule is CCCCn1ncc(NC2CCSC2)c(Br)c1=O. The Morgan fingerprint density at radius 1 is 1.67 bits per heavy atom. The van der Waals surface area contributed by atoms with Gasteiger partial charge in [-0.05, 0) is 34.5 Å². The van der Waals surface area contributed by atoms with Gasteiger partial charge in [0, 0.05) is 18.3 Å². The molecule has 1 unspecified atom stereocenters. The monoisotopic (exact) mass is 331 g/mol. The first-order valence-corrected chi connectivity index (χ1v) is 8.27. The van der Waals surface area contributed by atoms with E-state index in [-0.39, 0.29) is 5.56 Å². The molecular formula is C12H18BrN3OS. The first-order valence-electron chi connectivity index (χ1n) is 6.32. The summed E-state index contributed by atoms with van der Waals surface area (Å²) in [6.07, 6.45) is 4.94. The molecule has 2 heterocycles. The molecule has 100 valence electrons. The van der Waals surface area contributed by atoms with Crippen LogP contribution in [0.5, 0.6) is 0 Å². The summed E-state index contributed by atoms with van der Waals surface area (Å²) in [6, 6.07) is 0.457. The third-order valence-corrected chi connectivity index (χ3v) is 4.93. The van der Waals surface area contributed by atoms with Crippen molar-refractivity contribution in [3.05, 3.63) is 21.0 Å². The fraction of sp³-hybridized carbons (Fsp3) is 0.667. The lowest BCUT2D eigenvalue weighted by molar-refractivity contribution is 0.541. The average molecular weight is 332 g/mol. The predicted octanol–water partition coefficient (Wildman–Crippen LogP) is 2.72. The number of thioether (sulfide) groups is 1. The van der Waals surface area contributed by atoms with E-state index in [1.165, 1.54) is 10.4 Å². The highest BCUT2D eigenvalue weighted by Crippen LogP contribution is 2.24. The van der Waals surface area contributed by atoms with Crippen LogP contribution in [0.25, 0.3) is 0 Å². The molecule has 0 aromatic carbocycles. The van der Waals surface area contributed by atoms with Gasteiger partial charge in [-0.2, -0.15) is 16.9 Å². The number of anilines is 1. The Bertz CT molecular complexity index is 457. The first kappa shape index (κ1) is 13.9. The Kier molecular flexibility index (Phi) is 5.12. The molecule has 1 aromatic heterocycles. The van der Waals surface area contributed by atoms with Gasteiger partial charge in [0.2, 0.25) is 0 Å². The van der Waals surface area contributed by atoms with E-state index < -0.39 is 0 Å². The molecule has 1 atom stereocenters. The highest BCUT2D eigenvalue weighted by molar-refractivity contribution is 9.10. The van der Waals surface area contributed by atoms with Crippen molar-refractivity contribution in [3.8, 4) is 0 Å². The van der Waals surface area contributed by atoms with Crippen LogP contribution < -0.4 is 10.9 Å². The highest BCUT2D eigenvalue weighted by atomic mass is 79.9. The Morgan fingerprint density at radius 2 is 2.50 bits per heavy atom. The van der Waals surface area contributed by atoms with E-state index in [1.54, 1.807) is 6.20 Å². The topological polar surface area (TPSA) is 46.9 Å². The summed E-state index contributed by atoms with van der Waals surface area (Å²) in [7, 11) is 0. The second-order valence-electron chi connectivity index (χ2n) is 4.46. The van der Waals surface area contributed by atoms with E-state index in [1.807, 2.05) is 11.8 Å². The van der Waals surface area contributed by atoms with Gasteiger partial charge < -0.3 is 5.32 Å². The van der Waals surface area contributed by atoms with E-state index >= 15 is 0 Å². The zero-order valence-electron chi connectivity index (χ0n) is 10.5. The molecule has 1 saturated heterocycles. The lowest BCUT2D eigenvalue weighted by Gasteiger charge is -2.14. The Labute approximate surface area is 120 Å². The summed E-state index contributed by atoms with van der Waals surface area (Å²) in [6.45, 7) is 2.79. The van der Waals surface area contributed by atoms with E-state index in [4.69, 9.17) is 0 Å². The number of nitrogens with zero attached hydrogens (tertiary/aromatic N) is 2. The number of nitrogens with one attached hydrogen (secondary N) is 1. The maximum Gasteiger partial charge on any atom is 0.283 e. The number of rotatable bonds is 5. The molecule has 1 aromatic rings. The molecular weight excluding hydrogens is 314 g/mol. The first-order chi connectivity index (χ1) is 8.72. The van der Waals surface area contributed by atoms with Crippen molar-refractivity contribution in [1.29, 1.82) is 0 Å². The van der Waals surface area contributed by atoms with Crippen molar-refractivity contribution in [1.82, 2.24) is 9.78 Å². The van der Waals surface area contributed by atoms with Crippen LogP contribution in [0.4, 0.5) is 5.69 Å². The smallest absolute Gasteiger partial charge is 0.283 e. The lowest BCUT2D eigenvalue weighted by Crippen LogP contribution is -2.27. The van der Waals surface area contributed by atoms with Gasteiger partial charge in [-0.3, -0.25) is 4.79 Å². The van der Waals surface area contributed by atoms with Crippen molar-refractivity contribution in [3.63, 3.8) is 0 Å². The molecule has 0 amide bonds. The molecule has 1 aliphatic rings. The van der Waals surface area contributed by atoms with E-state index in [0.29, 0.717) is 17.1 Å². The van der Waals surface area contributed by atoms with Crippen LogP contribution in [0.15, 0.2) is 15.5 Å². The summed E-state index contributed by atoms with van der Waals surface area (Å²) >= 11 is 5.33. The zero-order chi connectivity index (χ0) is 13.0. The predicted molar refractivity (Wildman–Crippen MR) is 80.5 cm³/mol. The van der Waals surface area contributed by atoms with Crippen LogP contribution in [0.1, 0.15) is 26.2 Å². The van der Waals surface area contributed by atoms with Crippen molar-refractivity contribution in [2.24, 2.45) is 0 Å². The van der Waals surface area contributed by atoms with Crippen LogP contribution in [0.3, 0.4) is 0 Å². The van der Waals surface area contributed by atoms with E-state index in [2.05, 4.69) is 33.3 Å². The number of hydrogen-bond acceptors (Lipinski definition) is 4. The van der Waals surface area contributed by atoms with Gasteiger partial charge in [0.05, 0.1) is 11.9 Å². The third kappa shape index (κ3) is 3.29. The summed E-state index contributed by atoms with van der Waals surface area (Å²) in [5.74, 6) is 2.29. The molecule has 1 fully saturated rings. The van der Waals surface area contributed by atoms with Crippen LogP contribution in [-0.4, -0.2) is 27.3 Å². The van der Waals surface area contributed by atoms with Crippen molar-refractivity contribution in [2.75, 3.05) is 16.8 Å². The van der Waals surface area contributed by atoms with Crippen LogP contribution in [0, 0.1) is 0 Å². The van der Waals surface area contributed by atoms with Crippen molar-refractivity contribution in [2.45, 2.75) is 38.8 Å². The van der Waals surface area contributed by atoms with Crippen molar-refractivity contribution < 1.29 is 0 Å². The second kappa shape index (κ2) is 6.61. The third-order valence-electron chi connectivity index (χ3n) is 3.00.